The van der Waals surface area contributed by atoms with Gasteiger partial charge in [-0.15, -0.1) is 0 Å². The Bertz CT molecular complexity index is 991. The SMILES string of the molecule is CCCCc1cc(C)cc(-c2cc(C)cc(B3OC(C)(C)C(C)(C)O3)c2OC2CCCCO2)c1. The lowest BCUT2D eigenvalue weighted by Gasteiger charge is -2.32. The summed E-state index contributed by atoms with van der Waals surface area (Å²) in [5, 5.41) is 0. The molecule has 0 radical (unpaired) electrons. The van der Waals surface area contributed by atoms with E-state index in [0.29, 0.717) is 0 Å². The van der Waals surface area contributed by atoms with Crippen LogP contribution in [-0.4, -0.2) is 31.2 Å². The van der Waals surface area contributed by atoms with Gasteiger partial charge in [0.1, 0.15) is 5.75 Å². The largest absolute Gasteiger partial charge is 0.498 e. The maximum atomic E-state index is 6.65. The Morgan fingerprint density at radius 3 is 2.29 bits per heavy atom. The third-order valence-electron chi connectivity index (χ3n) is 7.42. The number of ether oxygens (including phenoxy) is 2. The van der Waals surface area contributed by atoms with E-state index in [0.717, 1.165) is 54.6 Å². The number of hydrogen-bond acceptors (Lipinski definition) is 4. The fourth-order valence-electron chi connectivity index (χ4n) is 4.77. The van der Waals surface area contributed by atoms with Gasteiger partial charge in [-0.25, -0.2) is 0 Å². The van der Waals surface area contributed by atoms with Gasteiger partial charge in [0.2, 0.25) is 0 Å². The standard InChI is InChI=1S/C29H41BO4/c1-8-9-12-22-15-20(2)16-23(19-22)24-17-21(3)18-25(27(24)32-26-13-10-11-14-31-26)30-33-28(4,5)29(6,7)34-30/h15-19,26H,8-14H2,1-7H3. The molecule has 2 aliphatic rings. The molecule has 1 atom stereocenters. The normalized spacial score (nSPS) is 21.6. The first kappa shape index (κ1) is 25.3. The van der Waals surface area contributed by atoms with Gasteiger partial charge in [0.15, 0.2) is 6.29 Å². The molecule has 2 aliphatic heterocycles. The van der Waals surface area contributed by atoms with Gasteiger partial charge in [-0.1, -0.05) is 48.7 Å². The second-order valence-corrected chi connectivity index (χ2v) is 11.0. The van der Waals surface area contributed by atoms with Crippen molar-refractivity contribution in [3.05, 3.63) is 47.0 Å². The van der Waals surface area contributed by atoms with E-state index in [4.69, 9.17) is 18.8 Å². The molecule has 5 heteroatoms. The van der Waals surface area contributed by atoms with E-state index in [1.807, 2.05) is 0 Å². The molecule has 2 fully saturated rings. The van der Waals surface area contributed by atoms with E-state index < -0.39 is 18.3 Å². The maximum absolute atomic E-state index is 6.65. The summed E-state index contributed by atoms with van der Waals surface area (Å²) in [6, 6.07) is 11.3. The van der Waals surface area contributed by atoms with Crippen molar-refractivity contribution in [2.75, 3.05) is 6.61 Å². The number of rotatable bonds is 7. The van der Waals surface area contributed by atoms with E-state index >= 15 is 0 Å². The molecule has 2 aromatic carbocycles. The lowest BCUT2D eigenvalue weighted by molar-refractivity contribution is -0.105. The predicted molar refractivity (Wildman–Crippen MR) is 140 cm³/mol. The molecule has 0 bridgehead atoms. The van der Waals surface area contributed by atoms with Crippen LogP contribution in [0, 0.1) is 13.8 Å². The van der Waals surface area contributed by atoms with Crippen LogP contribution in [0.5, 0.6) is 5.75 Å². The zero-order valence-electron chi connectivity index (χ0n) is 22.1. The highest BCUT2D eigenvalue weighted by Gasteiger charge is 2.52. The average Bonchev–Trinajstić information content (AvgIpc) is 3.00. The van der Waals surface area contributed by atoms with Crippen LogP contribution in [-0.2, 0) is 20.5 Å². The van der Waals surface area contributed by atoms with Gasteiger partial charge in [-0.2, -0.15) is 0 Å². The highest BCUT2D eigenvalue weighted by atomic mass is 16.7. The molecular formula is C29H41BO4. The summed E-state index contributed by atoms with van der Waals surface area (Å²) >= 11 is 0. The summed E-state index contributed by atoms with van der Waals surface area (Å²) in [7, 11) is -0.494. The van der Waals surface area contributed by atoms with Crippen LogP contribution < -0.4 is 10.2 Å². The lowest BCUT2D eigenvalue weighted by atomic mass is 9.75. The molecule has 0 aliphatic carbocycles. The molecule has 0 spiro atoms. The fraction of sp³-hybridized carbons (Fsp3) is 0.586. The van der Waals surface area contributed by atoms with E-state index in [2.05, 4.69) is 78.8 Å². The van der Waals surface area contributed by atoms with Gasteiger partial charge >= 0.3 is 7.12 Å². The van der Waals surface area contributed by atoms with E-state index in [1.54, 1.807) is 0 Å². The molecule has 4 rings (SSSR count). The number of aryl methyl sites for hydroxylation is 3. The topological polar surface area (TPSA) is 36.9 Å². The van der Waals surface area contributed by atoms with Crippen molar-refractivity contribution in [3.63, 3.8) is 0 Å². The Labute approximate surface area is 206 Å². The van der Waals surface area contributed by atoms with Crippen LogP contribution in [0.3, 0.4) is 0 Å². The summed E-state index contributed by atoms with van der Waals surface area (Å²) in [5.41, 5.74) is 6.16. The molecule has 0 N–H and O–H groups in total. The van der Waals surface area contributed by atoms with Crippen molar-refractivity contribution in [2.45, 2.75) is 104 Å². The van der Waals surface area contributed by atoms with Gasteiger partial charge in [-0.05, 0) is 84.4 Å². The van der Waals surface area contributed by atoms with Gasteiger partial charge in [0.25, 0.3) is 0 Å². The maximum Gasteiger partial charge on any atom is 0.498 e. The Morgan fingerprint density at radius 2 is 1.65 bits per heavy atom. The summed E-state index contributed by atoms with van der Waals surface area (Å²) < 4.78 is 25.6. The van der Waals surface area contributed by atoms with Crippen LogP contribution in [0.25, 0.3) is 11.1 Å². The molecular weight excluding hydrogens is 423 g/mol. The van der Waals surface area contributed by atoms with E-state index in [-0.39, 0.29) is 6.29 Å². The van der Waals surface area contributed by atoms with Crippen molar-refractivity contribution in [3.8, 4) is 16.9 Å². The third kappa shape index (κ3) is 5.37. The molecule has 1 unspecified atom stereocenters. The summed E-state index contributed by atoms with van der Waals surface area (Å²) in [6.45, 7) is 15.7. The molecule has 2 saturated heterocycles. The molecule has 2 heterocycles. The Kier molecular flexibility index (Phi) is 7.47. The van der Waals surface area contributed by atoms with E-state index in [9.17, 15) is 0 Å². The number of benzene rings is 2. The Balaban J connectivity index is 1.82. The van der Waals surface area contributed by atoms with Gasteiger partial charge in [0, 0.05) is 17.4 Å². The highest BCUT2D eigenvalue weighted by molar-refractivity contribution is 6.63. The summed E-state index contributed by atoms with van der Waals surface area (Å²) in [4.78, 5) is 0. The van der Waals surface area contributed by atoms with Crippen molar-refractivity contribution in [1.82, 2.24) is 0 Å². The summed E-state index contributed by atoms with van der Waals surface area (Å²) in [6.07, 6.45) is 6.31. The first-order valence-corrected chi connectivity index (χ1v) is 13.0. The average molecular weight is 464 g/mol. The third-order valence-corrected chi connectivity index (χ3v) is 7.42. The van der Waals surface area contributed by atoms with Crippen LogP contribution >= 0.6 is 0 Å². The zero-order valence-corrected chi connectivity index (χ0v) is 22.1. The van der Waals surface area contributed by atoms with Gasteiger partial charge in [0.05, 0.1) is 17.8 Å². The smallest absolute Gasteiger partial charge is 0.465 e. The van der Waals surface area contributed by atoms with Crippen molar-refractivity contribution in [1.29, 1.82) is 0 Å². The molecule has 0 aromatic heterocycles. The minimum atomic E-state index is -0.494. The van der Waals surface area contributed by atoms with Crippen LogP contribution in [0.4, 0.5) is 0 Å². The lowest BCUT2D eigenvalue weighted by Crippen LogP contribution is -2.41. The fourth-order valence-corrected chi connectivity index (χ4v) is 4.77. The van der Waals surface area contributed by atoms with Crippen LogP contribution in [0.2, 0.25) is 0 Å². The van der Waals surface area contributed by atoms with Gasteiger partial charge in [-0.3, -0.25) is 0 Å². The molecule has 34 heavy (non-hydrogen) atoms. The number of hydrogen-bond donors (Lipinski definition) is 0. The molecule has 0 saturated carbocycles. The second-order valence-electron chi connectivity index (χ2n) is 11.0. The van der Waals surface area contributed by atoms with Crippen molar-refractivity contribution in [2.24, 2.45) is 0 Å². The van der Waals surface area contributed by atoms with Crippen molar-refractivity contribution < 1.29 is 18.8 Å². The zero-order chi connectivity index (χ0) is 24.5. The van der Waals surface area contributed by atoms with Crippen LogP contribution in [0.1, 0.15) is 83.4 Å². The molecule has 2 aromatic rings. The minimum absolute atomic E-state index is 0.249. The van der Waals surface area contributed by atoms with Gasteiger partial charge < -0.3 is 18.8 Å². The molecule has 4 nitrogen and oxygen atoms in total. The Morgan fingerprint density at radius 1 is 0.941 bits per heavy atom. The summed E-state index contributed by atoms with van der Waals surface area (Å²) in [5.74, 6) is 0.822. The monoisotopic (exact) mass is 464 g/mol. The second kappa shape index (κ2) is 10.0. The molecule has 184 valence electrons. The van der Waals surface area contributed by atoms with E-state index in [1.165, 1.54) is 29.5 Å². The quantitative estimate of drug-likeness (QED) is 0.438. The van der Waals surface area contributed by atoms with Crippen molar-refractivity contribution >= 4 is 12.6 Å². The van der Waals surface area contributed by atoms with Crippen LogP contribution in [0.15, 0.2) is 30.3 Å². The number of unbranched alkanes of at least 4 members (excludes halogenated alkanes) is 1. The molecule has 0 amide bonds. The first-order valence-electron chi connectivity index (χ1n) is 13.0. The minimum Gasteiger partial charge on any atom is -0.465 e. The first-order chi connectivity index (χ1) is 16.1. The predicted octanol–water partition coefficient (Wildman–Crippen LogP) is 6.52. The Hall–Kier alpha value is -1.82. The highest BCUT2D eigenvalue weighted by Crippen LogP contribution is 2.40.